The monoisotopic (exact) mass is 573 g/mol. The molecule has 0 aliphatic carbocycles. The topological polar surface area (TPSA) is 135 Å². The van der Waals surface area contributed by atoms with Gasteiger partial charge >= 0.3 is 5.97 Å². The van der Waals surface area contributed by atoms with E-state index in [-0.39, 0.29) is 30.2 Å². The van der Waals surface area contributed by atoms with Gasteiger partial charge in [-0.3, -0.25) is 19.5 Å². The average Bonchev–Trinajstić information content (AvgIpc) is 3.67. The number of furan rings is 1. The fourth-order valence-electron chi connectivity index (χ4n) is 4.86. The van der Waals surface area contributed by atoms with E-state index in [4.69, 9.17) is 18.6 Å². The van der Waals surface area contributed by atoms with Crippen LogP contribution < -0.4 is 24.4 Å². The Morgan fingerprint density at radius 1 is 1.17 bits per heavy atom. The molecule has 208 valence electrons. The van der Waals surface area contributed by atoms with E-state index in [0.29, 0.717) is 54.7 Å². The lowest BCUT2D eigenvalue weighted by molar-refractivity contribution is -0.385. The molecular formula is C29H23N3O8S. The molecule has 0 fully saturated rings. The number of nitrogens with zero attached hydrogens (tertiary/aromatic N) is 3. The van der Waals surface area contributed by atoms with Crippen molar-refractivity contribution < 1.29 is 28.3 Å². The third-order valence-electron chi connectivity index (χ3n) is 6.82. The van der Waals surface area contributed by atoms with E-state index < -0.39 is 16.9 Å². The van der Waals surface area contributed by atoms with E-state index in [1.165, 1.54) is 10.6 Å². The molecule has 1 atom stereocenters. The number of carbonyl (C=O) groups is 1. The largest absolute Gasteiger partial charge is 0.463 e. The highest BCUT2D eigenvalue weighted by Crippen LogP contribution is 2.38. The predicted octanol–water partition coefficient (Wildman–Crippen LogP) is 4.00. The van der Waals surface area contributed by atoms with Gasteiger partial charge in [-0.05, 0) is 50.6 Å². The van der Waals surface area contributed by atoms with E-state index in [2.05, 4.69) is 4.99 Å². The van der Waals surface area contributed by atoms with Crippen molar-refractivity contribution in [3.63, 3.8) is 0 Å². The van der Waals surface area contributed by atoms with E-state index in [0.717, 1.165) is 11.3 Å². The molecule has 0 amide bonds. The number of benzene rings is 2. The van der Waals surface area contributed by atoms with Crippen molar-refractivity contribution in [1.82, 2.24) is 4.57 Å². The van der Waals surface area contributed by atoms with Gasteiger partial charge in [-0.25, -0.2) is 9.79 Å². The highest BCUT2D eigenvalue weighted by Gasteiger charge is 2.34. The smallest absolute Gasteiger partial charge is 0.338 e. The van der Waals surface area contributed by atoms with Gasteiger partial charge in [0.25, 0.3) is 11.2 Å². The Bertz CT molecular complexity index is 1950. The molecule has 0 saturated heterocycles. The van der Waals surface area contributed by atoms with Gasteiger partial charge in [-0.2, -0.15) is 0 Å². The molecular weight excluding hydrogens is 550 g/mol. The molecule has 6 rings (SSSR count). The van der Waals surface area contributed by atoms with Crippen LogP contribution in [0.1, 0.15) is 36.8 Å². The zero-order valence-corrected chi connectivity index (χ0v) is 23.0. The summed E-state index contributed by atoms with van der Waals surface area (Å²) >= 11 is 1.16. The van der Waals surface area contributed by atoms with Crippen molar-refractivity contribution in [1.29, 1.82) is 0 Å². The first-order chi connectivity index (χ1) is 19.7. The molecule has 11 nitrogen and oxygen atoms in total. The summed E-state index contributed by atoms with van der Waals surface area (Å²) in [5.41, 5.74) is 2.05. The number of hydrogen-bond donors (Lipinski definition) is 0. The molecule has 4 aromatic rings. The Morgan fingerprint density at radius 2 is 1.98 bits per heavy atom. The van der Waals surface area contributed by atoms with Crippen molar-refractivity contribution in [2.45, 2.75) is 26.8 Å². The molecule has 4 heterocycles. The molecule has 0 bridgehead atoms. The van der Waals surface area contributed by atoms with Gasteiger partial charge in [-0.1, -0.05) is 29.5 Å². The minimum atomic E-state index is -0.804. The number of fused-ring (bicyclic) bond motifs is 2. The minimum absolute atomic E-state index is 0.00921. The number of carbonyl (C=O) groups excluding carboxylic acids is 1. The van der Waals surface area contributed by atoms with Crippen LogP contribution in [0.4, 0.5) is 5.69 Å². The molecule has 41 heavy (non-hydrogen) atoms. The second-order valence-electron chi connectivity index (χ2n) is 9.38. The fraction of sp³-hybridized carbons (Fsp3) is 0.207. The summed E-state index contributed by atoms with van der Waals surface area (Å²) in [6.45, 7) is 5.34. The number of nitro groups is 1. The van der Waals surface area contributed by atoms with Gasteiger partial charge in [0.05, 0.1) is 33.4 Å². The second kappa shape index (κ2) is 10.2. The maximum absolute atomic E-state index is 13.8. The van der Waals surface area contributed by atoms with Crippen LogP contribution in [0.25, 0.3) is 17.4 Å². The maximum atomic E-state index is 13.8. The van der Waals surface area contributed by atoms with Crippen LogP contribution in [-0.2, 0) is 9.53 Å². The Hall–Kier alpha value is -4.97. The van der Waals surface area contributed by atoms with E-state index in [1.54, 1.807) is 69.3 Å². The number of allylic oxidation sites excluding steroid dienone is 1. The standard InChI is InChI=1S/C29H23N3O8S/c1-4-37-28(34)25-16(3)30-29-31(26(25)18-7-9-22-23(12-18)39-14-38-22)27(33)24(41-29)13-19-8-10-21(40-19)17-6-5-15(2)20(11-17)32(35)36/h5-13,26H,4,14H2,1-3H3/b24-13-/t26-/m1/s1. The maximum Gasteiger partial charge on any atom is 0.338 e. The number of hydrogen-bond acceptors (Lipinski definition) is 10. The summed E-state index contributed by atoms with van der Waals surface area (Å²) in [5, 5.41) is 11.4. The van der Waals surface area contributed by atoms with Crippen LogP contribution in [0, 0.1) is 17.0 Å². The first kappa shape index (κ1) is 26.3. The zero-order valence-electron chi connectivity index (χ0n) is 22.2. The number of rotatable bonds is 6. The summed E-state index contributed by atoms with van der Waals surface area (Å²) in [6, 6.07) is 12.7. The first-order valence-corrected chi connectivity index (χ1v) is 13.5. The Balaban J connectivity index is 1.45. The van der Waals surface area contributed by atoms with Crippen molar-refractivity contribution in [2.75, 3.05) is 13.4 Å². The number of esters is 1. The average molecular weight is 574 g/mol. The fourth-order valence-corrected chi connectivity index (χ4v) is 5.89. The highest BCUT2D eigenvalue weighted by atomic mass is 32.1. The second-order valence-corrected chi connectivity index (χ2v) is 10.4. The van der Waals surface area contributed by atoms with E-state index in [1.807, 2.05) is 0 Å². The van der Waals surface area contributed by atoms with Crippen LogP contribution in [0.2, 0.25) is 0 Å². The van der Waals surface area contributed by atoms with E-state index in [9.17, 15) is 19.7 Å². The molecule has 0 saturated carbocycles. The quantitative estimate of drug-likeness (QED) is 0.192. The first-order valence-electron chi connectivity index (χ1n) is 12.7. The predicted molar refractivity (Wildman–Crippen MR) is 148 cm³/mol. The van der Waals surface area contributed by atoms with Crippen LogP contribution in [-0.4, -0.2) is 28.9 Å². The highest BCUT2D eigenvalue weighted by molar-refractivity contribution is 7.07. The molecule has 0 N–H and O–H groups in total. The van der Waals surface area contributed by atoms with Crippen LogP contribution in [0.5, 0.6) is 11.5 Å². The van der Waals surface area contributed by atoms with Gasteiger partial charge in [-0.15, -0.1) is 0 Å². The Labute approximate surface area is 236 Å². The molecule has 0 unspecified atom stereocenters. The lowest BCUT2D eigenvalue weighted by Crippen LogP contribution is -2.39. The molecule has 2 aromatic heterocycles. The number of thiazole rings is 1. The third-order valence-corrected chi connectivity index (χ3v) is 7.80. The Kier molecular flexibility index (Phi) is 6.54. The van der Waals surface area contributed by atoms with E-state index >= 15 is 0 Å². The molecule has 2 aromatic carbocycles. The summed E-state index contributed by atoms with van der Waals surface area (Å²) in [5.74, 6) is 1.34. The minimum Gasteiger partial charge on any atom is -0.463 e. The molecule has 2 aliphatic heterocycles. The van der Waals surface area contributed by atoms with Gasteiger partial charge in [0.15, 0.2) is 16.3 Å². The van der Waals surface area contributed by atoms with Crippen molar-refractivity contribution in [3.8, 4) is 22.8 Å². The van der Waals surface area contributed by atoms with Crippen molar-refractivity contribution in [3.05, 3.63) is 106 Å². The van der Waals surface area contributed by atoms with Gasteiger partial charge < -0.3 is 18.6 Å². The number of nitro benzene ring substituents is 1. The van der Waals surface area contributed by atoms with Gasteiger partial charge in [0.1, 0.15) is 11.5 Å². The van der Waals surface area contributed by atoms with Gasteiger partial charge in [0, 0.05) is 23.3 Å². The van der Waals surface area contributed by atoms with Crippen molar-refractivity contribution in [2.24, 2.45) is 4.99 Å². The number of aryl methyl sites for hydroxylation is 1. The zero-order chi connectivity index (χ0) is 28.8. The lowest BCUT2D eigenvalue weighted by Gasteiger charge is -2.24. The van der Waals surface area contributed by atoms with Crippen molar-refractivity contribution >= 4 is 29.1 Å². The number of aromatic nitrogens is 1. The summed E-state index contributed by atoms with van der Waals surface area (Å²) in [4.78, 5) is 42.9. The van der Waals surface area contributed by atoms with Crippen LogP contribution >= 0.6 is 11.3 Å². The van der Waals surface area contributed by atoms with Crippen LogP contribution in [0.3, 0.4) is 0 Å². The molecule has 0 radical (unpaired) electrons. The third kappa shape index (κ3) is 4.61. The van der Waals surface area contributed by atoms with Gasteiger partial charge in [0.2, 0.25) is 6.79 Å². The molecule has 0 spiro atoms. The normalized spacial score (nSPS) is 16.0. The molecule has 12 heteroatoms. The summed E-state index contributed by atoms with van der Waals surface area (Å²) in [6.07, 6.45) is 1.59. The molecule has 2 aliphatic rings. The Morgan fingerprint density at radius 3 is 2.76 bits per heavy atom. The lowest BCUT2D eigenvalue weighted by atomic mass is 9.95. The summed E-state index contributed by atoms with van der Waals surface area (Å²) < 4.78 is 24.1. The summed E-state index contributed by atoms with van der Waals surface area (Å²) in [7, 11) is 0. The number of ether oxygens (including phenoxy) is 3. The SMILES string of the molecule is CCOC(=O)C1=C(C)N=c2s/c(=C\c3ccc(-c4ccc(C)c([N+](=O)[O-])c4)o3)c(=O)n2[C@@H]1c1ccc2c(c1)OCO2. The van der Waals surface area contributed by atoms with Crippen LogP contribution in [0.15, 0.2) is 74.0 Å².